The monoisotopic (exact) mass is 536 g/mol. The molecule has 3 aromatic rings. The highest BCUT2D eigenvalue weighted by Gasteiger charge is 2.41. The first-order valence-electron chi connectivity index (χ1n) is 11.2. The van der Waals surface area contributed by atoms with Crippen LogP contribution in [0.25, 0.3) is 10.9 Å². The number of nitrogens with one attached hydrogen (secondary N) is 2. The summed E-state index contributed by atoms with van der Waals surface area (Å²) in [5.41, 5.74) is 1.57. The molecule has 13 heteroatoms. The molecule has 0 spiro atoms. The van der Waals surface area contributed by atoms with Crippen molar-refractivity contribution in [2.24, 2.45) is 0 Å². The number of aromatic amines is 1. The van der Waals surface area contributed by atoms with Gasteiger partial charge >= 0.3 is 0 Å². The fraction of sp³-hybridized carbons (Fsp3) is 0.409. The second-order valence-electron chi connectivity index (χ2n) is 8.73. The normalized spacial score (nSPS) is 19.6. The van der Waals surface area contributed by atoms with Crippen LogP contribution in [0.3, 0.4) is 0 Å². The topological polar surface area (TPSA) is 119 Å². The lowest BCUT2D eigenvalue weighted by Crippen LogP contribution is -2.61. The number of H-pyrrole nitrogens is 1. The molecule has 1 aromatic carbocycles. The van der Waals surface area contributed by atoms with Crippen molar-refractivity contribution < 1.29 is 18.0 Å². The quantitative estimate of drug-likeness (QED) is 0.522. The van der Waals surface area contributed by atoms with Gasteiger partial charge in [-0.1, -0.05) is 11.6 Å². The highest BCUT2D eigenvalue weighted by atomic mass is 35.5. The number of piperazine rings is 1. The highest BCUT2D eigenvalue weighted by molar-refractivity contribution is 7.89. The Labute approximate surface area is 211 Å². The minimum absolute atomic E-state index is 0.0157. The van der Waals surface area contributed by atoms with Crippen LogP contribution in [0.1, 0.15) is 20.4 Å². The Kier molecular flexibility index (Phi) is 6.34. The van der Waals surface area contributed by atoms with E-state index in [0.29, 0.717) is 20.9 Å². The standard InChI is InChI=1S/C22H25ClN6O4S2/c1-24-20(30)17-11-28(35(32,33)19-10-13-9-14(23)3-4-15(13)25-19)7-8-29(17)22(31)21-26-16-5-6-27(2)12-18(16)34-21/h3-4,9-10,17,25H,5-8,11-12H2,1-2H3,(H,24,30). The second kappa shape index (κ2) is 9.17. The number of halogens is 1. The Hall–Kier alpha value is -2.51. The van der Waals surface area contributed by atoms with Crippen LogP contribution in [0.15, 0.2) is 29.3 Å². The summed E-state index contributed by atoms with van der Waals surface area (Å²) in [6.45, 7) is 1.60. The SMILES string of the molecule is CNC(=O)C1CN(S(=O)(=O)c2cc3cc(Cl)ccc3[nH]2)CCN1C(=O)c1nc2c(s1)CN(C)CC2. The molecular weight excluding hydrogens is 512 g/mol. The van der Waals surface area contributed by atoms with Gasteiger partial charge in [-0.3, -0.25) is 9.59 Å². The van der Waals surface area contributed by atoms with Gasteiger partial charge in [0.2, 0.25) is 5.91 Å². The number of hydrogen-bond acceptors (Lipinski definition) is 7. The molecule has 186 valence electrons. The molecule has 1 unspecified atom stereocenters. The number of aromatic nitrogens is 2. The number of benzene rings is 1. The zero-order chi connectivity index (χ0) is 24.9. The number of sulfonamides is 1. The van der Waals surface area contributed by atoms with E-state index in [4.69, 9.17) is 11.6 Å². The smallest absolute Gasteiger partial charge is 0.283 e. The van der Waals surface area contributed by atoms with Gasteiger partial charge in [-0.2, -0.15) is 4.31 Å². The summed E-state index contributed by atoms with van der Waals surface area (Å²) in [7, 11) is -0.444. The molecule has 1 saturated heterocycles. The van der Waals surface area contributed by atoms with Crippen LogP contribution in [-0.4, -0.2) is 90.6 Å². The second-order valence-corrected chi connectivity index (χ2v) is 12.2. The fourth-order valence-electron chi connectivity index (χ4n) is 4.50. The first kappa shape index (κ1) is 24.2. The number of likely N-dealkylation sites (N-methyl/N-ethyl adjacent to an activating group) is 2. The van der Waals surface area contributed by atoms with Crippen LogP contribution >= 0.6 is 22.9 Å². The predicted octanol–water partition coefficient (Wildman–Crippen LogP) is 1.53. The zero-order valence-corrected chi connectivity index (χ0v) is 21.6. The van der Waals surface area contributed by atoms with Crippen molar-refractivity contribution in [3.63, 3.8) is 0 Å². The number of nitrogens with zero attached hydrogens (tertiary/aromatic N) is 4. The number of hydrogen-bond donors (Lipinski definition) is 2. The van der Waals surface area contributed by atoms with Crippen LogP contribution in [0.5, 0.6) is 0 Å². The molecule has 2 aliphatic heterocycles. The summed E-state index contributed by atoms with van der Waals surface area (Å²) in [6.07, 6.45) is 0.774. The average molecular weight is 537 g/mol. The molecule has 4 heterocycles. The van der Waals surface area contributed by atoms with E-state index in [-0.39, 0.29) is 30.6 Å². The Morgan fingerprint density at radius 1 is 1.23 bits per heavy atom. The molecule has 35 heavy (non-hydrogen) atoms. The number of amides is 2. The first-order chi connectivity index (χ1) is 16.7. The number of fused-ring (bicyclic) bond motifs is 2. The number of carbonyl (C=O) groups excluding carboxylic acids is 2. The van der Waals surface area contributed by atoms with Crippen molar-refractivity contribution in [3.05, 3.63) is 44.9 Å². The Morgan fingerprint density at radius 3 is 2.80 bits per heavy atom. The van der Waals surface area contributed by atoms with E-state index >= 15 is 0 Å². The lowest BCUT2D eigenvalue weighted by molar-refractivity contribution is -0.126. The molecule has 1 fully saturated rings. The minimum Gasteiger partial charge on any atom is -0.357 e. The molecule has 0 radical (unpaired) electrons. The summed E-state index contributed by atoms with van der Waals surface area (Å²) in [4.78, 5) is 38.3. The van der Waals surface area contributed by atoms with Crippen LogP contribution in [-0.2, 0) is 27.8 Å². The van der Waals surface area contributed by atoms with Crippen molar-refractivity contribution in [1.29, 1.82) is 0 Å². The third-order valence-electron chi connectivity index (χ3n) is 6.43. The van der Waals surface area contributed by atoms with Crippen LogP contribution < -0.4 is 5.32 Å². The predicted molar refractivity (Wildman–Crippen MR) is 133 cm³/mol. The van der Waals surface area contributed by atoms with Gasteiger partial charge in [-0.05, 0) is 31.3 Å². The maximum atomic E-state index is 13.4. The largest absolute Gasteiger partial charge is 0.357 e. The third kappa shape index (κ3) is 4.45. The van der Waals surface area contributed by atoms with E-state index in [9.17, 15) is 18.0 Å². The summed E-state index contributed by atoms with van der Waals surface area (Å²) in [5.74, 6) is -0.777. The van der Waals surface area contributed by atoms with Gasteiger partial charge in [-0.15, -0.1) is 11.3 Å². The number of thiazole rings is 1. The van der Waals surface area contributed by atoms with Gasteiger partial charge in [0.05, 0.1) is 5.69 Å². The molecule has 5 rings (SSSR count). The van der Waals surface area contributed by atoms with Gasteiger partial charge in [0.1, 0.15) is 11.1 Å². The summed E-state index contributed by atoms with van der Waals surface area (Å²) >= 11 is 7.38. The highest BCUT2D eigenvalue weighted by Crippen LogP contribution is 2.29. The van der Waals surface area contributed by atoms with E-state index in [0.717, 1.165) is 30.1 Å². The van der Waals surface area contributed by atoms with Gasteiger partial charge in [0.15, 0.2) is 5.01 Å². The van der Waals surface area contributed by atoms with Gasteiger partial charge in [0.25, 0.3) is 15.9 Å². The Balaban J connectivity index is 1.40. The van der Waals surface area contributed by atoms with Gasteiger partial charge in [0, 0.05) is 67.0 Å². The van der Waals surface area contributed by atoms with E-state index in [1.165, 1.54) is 33.7 Å². The van der Waals surface area contributed by atoms with Crippen molar-refractivity contribution in [2.75, 3.05) is 40.3 Å². The van der Waals surface area contributed by atoms with Gasteiger partial charge in [-0.25, -0.2) is 13.4 Å². The third-order valence-corrected chi connectivity index (χ3v) is 9.53. The maximum absolute atomic E-state index is 13.4. The van der Waals surface area contributed by atoms with Crippen molar-refractivity contribution in [1.82, 2.24) is 29.4 Å². The molecule has 0 aliphatic carbocycles. The lowest BCUT2D eigenvalue weighted by Gasteiger charge is -2.39. The van der Waals surface area contributed by atoms with E-state index in [1.807, 2.05) is 7.05 Å². The summed E-state index contributed by atoms with van der Waals surface area (Å²) < 4.78 is 28.1. The molecule has 0 bridgehead atoms. The Bertz CT molecular complexity index is 1420. The molecular formula is C22H25ClN6O4S2. The van der Waals surface area contributed by atoms with Crippen molar-refractivity contribution in [2.45, 2.75) is 24.0 Å². The number of carbonyl (C=O) groups is 2. The van der Waals surface area contributed by atoms with E-state index < -0.39 is 22.0 Å². The fourth-order valence-corrected chi connectivity index (χ4v) is 7.28. The molecule has 2 aromatic heterocycles. The molecule has 2 N–H and O–H groups in total. The average Bonchev–Trinajstić information content (AvgIpc) is 3.46. The lowest BCUT2D eigenvalue weighted by atomic mass is 10.1. The summed E-state index contributed by atoms with van der Waals surface area (Å²) in [6, 6.07) is 5.63. The van der Waals surface area contributed by atoms with E-state index in [1.54, 1.807) is 18.2 Å². The molecule has 2 aliphatic rings. The van der Waals surface area contributed by atoms with Crippen LogP contribution in [0, 0.1) is 0 Å². The van der Waals surface area contributed by atoms with E-state index in [2.05, 4.69) is 20.2 Å². The molecule has 2 amide bonds. The van der Waals surface area contributed by atoms with Crippen LogP contribution in [0.4, 0.5) is 0 Å². The minimum atomic E-state index is -3.94. The van der Waals surface area contributed by atoms with Crippen molar-refractivity contribution >= 4 is 55.7 Å². The number of rotatable bonds is 4. The Morgan fingerprint density at radius 2 is 2.03 bits per heavy atom. The van der Waals surface area contributed by atoms with Crippen LogP contribution in [0.2, 0.25) is 5.02 Å². The maximum Gasteiger partial charge on any atom is 0.283 e. The molecule has 1 atom stereocenters. The van der Waals surface area contributed by atoms with Gasteiger partial charge < -0.3 is 20.1 Å². The zero-order valence-electron chi connectivity index (χ0n) is 19.2. The molecule has 0 saturated carbocycles. The summed E-state index contributed by atoms with van der Waals surface area (Å²) in [5, 5.41) is 4.09. The van der Waals surface area contributed by atoms with Crippen molar-refractivity contribution in [3.8, 4) is 0 Å². The molecule has 10 nitrogen and oxygen atoms in total. The first-order valence-corrected chi connectivity index (χ1v) is 13.8.